The summed E-state index contributed by atoms with van der Waals surface area (Å²) in [5, 5.41) is 7.04. The third kappa shape index (κ3) is 4.66. The van der Waals surface area contributed by atoms with E-state index in [-0.39, 0.29) is 21.5 Å². The number of anilines is 2. The molecule has 2 N–H and O–H groups in total. The highest BCUT2D eigenvalue weighted by atomic mass is 35.5. The molecular formula is C21H23ClN4O3S. The van der Waals surface area contributed by atoms with Gasteiger partial charge in [-0.25, -0.2) is 13.1 Å². The molecule has 0 atom stereocenters. The molecule has 3 rings (SSSR count). The van der Waals surface area contributed by atoms with E-state index in [0.29, 0.717) is 11.5 Å². The van der Waals surface area contributed by atoms with Gasteiger partial charge in [-0.05, 0) is 69.2 Å². The smallest absolute Gasteiger partial charge is 0.261 e. The Morgan fingerprint density at radius 2 is 1.80 bits per heavy atom. The standard InChI is InChI=1S/C21H23ClN4O3S/c1-13(2)26-20(9-10-23-26)24-21(27)18-12-17(7-8-19(18)22)30(28,29)25-16-6-5-14(3)15(4)11-16/h5-13,25H,1-4H3,(H,24,27). The third-order valence-electron chi connectivity index (χ3n) is 4.65. The monoisotopic (exact) mass is 446 g/mol. The molecule has 7 nitrogen and oxygen atoms in total. The van der Waals surface area contributed by atoms with Crippen LogP contribution in [0.25, 0.3) is 0 Å². The number of aryl methyl sites for hydroxylation is 2. The maximum absolute atomic E-state index is 12.8. The Morgan fingerprint density at radius 1 is 1.07 bits per heavy atom. The van der Waals surface area contributed by atoms with Gasteiger partial charge in [-0.15, -0.1) is 0 Å². The fourth-order valence-electron chi connectivity index (χ4n) is 2.87. The number of aromatic nitrogens is 2. The minimum absolute atomic E-state index is 0.0413. The van der Waals surface area contributed by atoms with Crippen LogP contribution in [0.5, 0.6) is 0 Å². The predicted molar refractivity (Wildman–Crippen MR) is 119 cm³/mol. The maximum atomic E-state index is 12.8. The van der Waals surface area contributed by atoms with Crippen LogP contribution in [0.1, 0.15) is 41.4 Å². The van der Waals surface area contributed by atoms with Crippen LogP contribution in [0.2, 0.25) is 5.02 Å². The highest BCUT2D eigenvalue weighted by molar-refractivity contribution is 7.92. The molecule has 1 heterocycles. The number of carbonyl (C=O) groups is 1. The highest BCUT2D eigenvalue weighted by Crippen LogP contribution is 2.25. The van der Waals surface area contributed by atoms with Gasteiger partial charge in [0.05, 0.1) is 21.7 Å². The summed E-state index contributed by atoms with van der Waals surface area (Å²) in [6, 6.07) is 11.0. The second-order valence-corrected chi connectivity index (χ2v) is 9.34. The van der Waals surface area contributed by atoms with Gasteiger partial charge in [0.2, 0.25) is 0 Å². The van der Waals surface area contributed by atoms with Gasteiger partial charge in [0.25, 0.3) is 15.9 Å². The molecule has 0 aliphatic carbocycles. The molecule has 0 bridgehead atoms. The number of carbonyl (C=O) groups excluding carboxylic acids is 1. The topological polar surface area (TPSA) is 93.1 Å². The zero-order chi connectivity index (χ0) is 22.1. The molecule has 9 heteroatoms. The van der Waals surface area contributed by atoms with Crippen molar-refractivity contribution in [3.8, 4) is 0 Å². The summed E-state index contributed by atoms with van der Waals surface area (Å²) in [7, 11) is -3.91. The van der Waals surface area contributed by atoms with Gasteiger partial charge in [-0.3, -0.25) is 9.52 Å². The molecule has 0 aliphatic rings. The number of nitrogens with one attached hydrogen (secondary N) is 2. The molecule has 158 valence electrons. The lowest BCUT2D eigenvalue weighted by Crippen LogP contribution is -2.18. The fourth-order valence-corrected chi connectivity index (χ4v) is 4.15. The quantitative estimate of drug-likeness (QED) is 0.569. The minimum Gasteiger partial charge on any atom is -0.307 e. The van der Waals surface area contributed by atoms with E-state index in [9.17, 15) is 13.2 Å². The Hall–Kier alpha value is -2.84. The summed E-state index contributed by atoms with van der Waals surface area (Å²) in [5.74, 6) is -0.0294. The van der Waals surface area contributed by atoms with Crippen molar-refractivity contribution in [1.29, 1.82) is 0 Å². The van der Waals surface area contributed by atoms with E-state index >= 15 is 0 Å². The molecule has 0 unspecified atom stereocenters. The van der Waals surface area contributed by atoms with E-state index in [4.69, 9.17) is 11.6 Å². The molecule has 0 saturated heterocycles. The molecule has 1 aromatic heterocycles. The van der Waals surface area contributed by atoms with Crippen LogP contribution in [0, 0.1) is 13.8 Å². The van der Waals surface area contributed by atoms with Crippen LogP contribution >= 0.6 is 11.6 Å². The van der Waals surface area contributed by atoms with Crippen molar-refractivity contribution in [3.05, 3.63) is 70.4 Å². The van der Waals surface area contributed by atoms with Crippen molar-refractivity contribution in [1.82, 2.24) is 9.78 Å². The van der Waals surface area contributed by atoms with Crippen LogP contribution in [0.3, 0.4) is 0 Å². The number of hydrogen-bond donors (Lipinski definition) is 2. The molecule has 0 fully saturated rings. The van der Waals surface area contributed by atoms with E-state index in [1.807, 2.05) is 33.8 Å². The first-order valence-corrected chi connectivity index (χ1v) is 11.2. The Morgan fingerprint density at radius 3 is 2.47 bits per heavy atom. The lowest BCUT2D eigenvalue weighted by molar-refractivity contribution is 0.102. The molecule has 1 amide bonds. The Balaban J connectivity index is 1.89. The Kier molecular flexibility index (Phi) is 6.19. The molecule has 2 aromatic carbocycles. The molecule has 30 heavy (non-hydrogen) atoms. The summed E-state index contributed by atoms with van der Waals surface area (Å²) < 4.78 is 29.9. The average Bonchev–Trinajstić information content (AvgIpc) is 3.13. The zero-order valence-electron chi connectivity index (χ0n) is 17.1. The number of halogens is 1. The van der Waals surface area contributed by atoms with Gasteiger partial charge in [0.1, 0.15) is 5.82 Å². The zero-order valence-corrected chi connectivity index (χ0v) is 18.7. The molecule has 3 aromatic rings. The Bertz CT molecular complexity index is 1200. The molecule has 0 saturated carbocycles. The van der Waals surface area contributed by atoms with Crippen LogP contribution in [-0.4, -0.2) is 24.1 Å². The van der Waals surface area contributed by atoms with Crippen LogP contribution < -0.4 is 10.0 Å². The van der Waals surface area contributed by atoms with Crippen LogP contribution in [-0.2, 0) is 10.0 Å². The number of nitrogens with zero attached hydrogens (tertiary/aromatic N) is 2. The van der Waals surface area contributed by atoms with Crippen LogP contribution in [0.4, 0.5) is 11.5 Å². The molecule has 0 aliphatic heterocycles. The van der Waals surface area contributed by atoms with Gasteiger partial charge in [0.15, 0.2) is 0 Å². The second kappa shape index (κ2) is 8.49. The van der Waals surface area contributed by atoms with E-state index in [2.05, 4.69) is 15.1 Å². The van der Waals surface area contributed by atoms with E-state index in [0.717, 1.165) is 11.1 Å². The minimum atomic E-state index is -3.91. The highest BCUT2D eigenvalue weighted by Gasteiger charge is 2.20. The van der Waals surface area contributed by atoms with Gasteiger partial charge in [0, 0.05) is 17.8 Å². The lowest BCUT2D eigenvalue weighted by Gasteiger charge is -2.14. The molecular weight excluding hydrogens is 424 g/mol. The molecule has 0 radical (unpaired) electrons. The largest absolute Gasteiger partial charge is 0.307 e. The normalized spacial score (nSPS) is 11.5. The first-order valence-electron chi connectivity index (χ1n) is 9.33. The van der Waals surface area contributed by atoms with Crippen molar-refractivity contribution in [2.45, 2.75) is 38.6 Å². The van der Waals surface area contributed by atoms with Crippen molar-refractivity contribution >= 4 is 39.0 Å². The number of hydrogen-bond acceptors (Lipinski definition) is 4. The molecule has 0 spiro atoms. The van der Waals surface area contributed by atoms with Crippen molar-refractivity contribution < 1.29 is 13.2 Å². The number of sulfonamides is 1. The summed E-state index contributed by atoms with van der Waals surface area (Å²) in [5.41, 5.74) is 2.52. The van der Waals surface area contributed by atoms with Crippen LogP contribution in [0.15, 0.2) is 53.6 Å². The lowest BCUT2D eigenvalue weighted by atomic mass is 10.1. The SMILES string of the molecule is Cc1ccc(NS(=O)(=O)c2ccc(Cl)c(C(=O)Nc3ccnn3C(C)C)c2)cc1C. The van der Waals surface area contributed by atoms with Gasteiger partial charge in [-0.1, -0.05) is 17.7 Å². The summed E-state index contributed by atoms with van der Waals surface area (Å²) >= 11 is 6.18. The number of amides is 1. The van der Waals surface area contributed by atoms with Gasteiger partial charge >= 0.3 is 0 Å². The third-order valence-corrected chi connectivity index (χ3v) is 6.36. The van der Waals surface area contributed by atoms with Crippen molar-refractivity contribution in [2.24, 2.45) is 0 Å². The second-order valence-electron chi connectivity index (χ2n) is 7.26. The van der Waals surface area contributed by atoms with E-state index < -0.39 is 15.9 Å². The predicted octanol–water partition coefficient (Wildman–Crippen LogP) is 4.79. The Labute approximate surface area is 181 Å². The maximum Gasteiger partial charge on any atom is 0.261 e. The first kappa shape index (κ1) is 21.9. The van der Waals surface area contributed by atoms with Crippen molar-refractivity contribution in [2.75, 3.05) is 10.0 Å². The average molecular weight is 447 g/mol. The van der Waals surface area contributed by atoms with Crippen molar-refractivity contribution in [3.63, 3.8) is 0 Å². The first-order chi connectivity index (χ1) is 14.1. The van der Waals surface area contributed by atoms with Gasteiger partial charge in [-0.2, -0.15) is 5.10 Å². The summed E-state index contributed by atoms with van der Waals surface area (Å²) in [4.78, 5) is 12.7. The number of benzene rings is 2. The van der Waals surface area contributed by atoms with E-state index in [1.54, 1.807) is 29.1 Å². The van der Waals surface area contributed by atoms with Gasteiger partial charge < -0.3 is 5.32 Å². The van der Waals surface area contributed by atoms with E-state index in [1.165, 1.54) is 18.2 Å². The number of rotatable bonds is 6. The fraction of sp³-hybridized carbons (Fsp3) is 0.238. The summed E-state index contributed by atoms with van der Waals surface area (Å²) in [6.45, 7) is 7.71. The summed E-state index contributed by atoms with van der Waals surface area (Å²) in [6.07, 6.45) is 1.57.